The van der Waals surface area contributed by atoms with Gasteiger partial charge in [0.25, 0.3) is 5.91 Å². The van der Waals surface area contributed by atoms with Crippen LogP contribution in [0.25, 0.3) is 0 Å². The standard InChI is InChI=1S/C13H19NO2S/c15-10-13(6-2-1-3-7-13)9-14-12(16)11-5-4-8-17-11/h4-5,8,15H,1-3,6-7,9-10H2,(H,14,16). The Bertz CT molecular complexity index is 356. The van der Waals surface area contributed by atoms with Gasteiger partial charge in [0.05, 0.1) is 11.5 Å². The van der Waals surface area contributed by atoms with E-state index in [1.807, 2.05) is 17.5 Å². The van der Waals surface area contributed by atoms with E-state index in [2.05, 4.69) is 5.32 Å². The number of carbonyl (C=O) groups is 1. The van der Waals surface area contributed by atoms with Crippen molar-refractivity contribution >= 4 is 17.2 Å². The van der Waals surface area contributed by atoms with Gasteiger partial charge in [-0.1, -0.05) is 25.3 Å². The zero-order chi connectivity index (χ0) is 12.1. The summed E-state index contributed by atoms with van der Waals surface area (Å²) in [6.07, 6.45) is 5.62. The van der Waals surface area contributed by atoms with Gasteiger partial charge in [-0.25, -0.2) is 0 Å². The molecule has 1 fully saturated rings. The van der Waals surface area contributed by atoms with Gasteiger partial charge in [-0.05, 0) is 24.3 Å². The molecule has 0 aliphatic heterocycles. The predicted octanol–water partition coefficient (Wildman–Crippen LogP) is 2.42. The van der Waals surface area contributed by atoms with Crippen molar-refractivity contribution in [3.05, 3.63) is 22.4 Å². The quantitative estimate of drug-likeness (QED) is 0.865. The second-order valence-corrected chi connectivity index (χ2v) is 5.83. The number of amides is 1. The summed E-state index contributed by atoms with van der Waals surface area (Å²) < 4.78 is 0. The maximum atomic E-state index is 11.8. The van der Waals surface area contributed by atoms with Crippen molar-refractivity contribution in [1.29, 1.82) is 0 Å². The van der Waals surface area contributed by atoms with E-state index in [-0.39, 0.29) is 17.9 Å². The Kier molecular flexibility index (Phi) is 4.18. The summed E-state index contributed by atoms with van der Waals surface area (Å²) in [4.78, 5) is 12.6. The van der Waals surface area contributed by atoms with E-state index in [9.17, 15) is 9.90 Å². The number of aliphatic hydroxyl groups excluding tert-OH is 1. The number of carbonyl (C=O) groups excluding carboxylic acids is 1. The molecule has 1 heterocycles. The van der Waals surface area contributed by atoms with Crippen LogP contribution in [0.4, 0.5) is 0 Å². The summed E-state index contributed by atoms with van der Waals surface area (Å²) in [5.74, 6) is -0.0154. The minimum atomic E-state index is -0.0782. The van der Waals surface area contributed by atoms with E-state index in [1.165, 1.54) is 17.8 Å². The van der Waals surface area contributed by atoms with Crippen LogP contribution in [0.5, 0.6) is 0 Å². The molecule has 0 bridgehead atoms. The Labute approximate surface area is 106 Å². The molecule has 1 amide bonds. The largest absolute Gasteiger partial charge is 0.396 e. The molecule has 1 saturated carbocycles. The summed E-state index contributed by atoms with van der Waals surface area (Å²) in [6, 6.07) is 3.70. The third kappa shape index (κ3) is 3.07. The second-order valence-electron chi connectivity index (χ2n) is 4.88. The molecule has 3 nitrogen and oxygen atoms in total. The van der Waals surface area contributed by atoms with Crippen LogP contribution in [-0.4, -0.2) is 24.2 Å². The van der Waals surface area contributed by atoms with E-state index in [4.69, 9.17) is 0 Å². The lowest BCUT2D eigenvalue weighted by Crippen LogP contribution is -2.41. The second kappa shape index (κ2) is 5.65. The fourth-order valence-corrected chi connectivity index (χ4v) is 3.10. The Morgan fingerprint density at radius 2 is 2.18 bits per heavy atom. The van der Waals surface area contributed by atoms with E-state index in [0.717, 1.165) is 30.6 Å². The third-order valence-corrected chi connectivity index (χ3v) is 4.49. The molecule has 4 heteroatoms. The zero-order valence-corrected chi connectivity index (χ0v) is 10.8. The average Bonchev–Trinajstić information content (AvgIpc) is 2.91. The molecule has 1 aliphatic carbocycles. The van der Waals surface area contributed by atoms with E-state index in [0.29, 0.717) is 6.54 Å². The van der Waals surface area contributed by atoms with Gasteiger partial charge < -0.3 is 10.4 Å². The minimum absolute atomic E-state index is 0.0154. The molecular formula is C13H19NO2S. The molecule has 0 radical (unpaired) electrons. The normalized spacial score (nSPS) is 18.9. The van der Waals surface area contributed by atoms with Crippen LogP contribution in [-0.2, 0) is 0 Å². The maximum Gasteiger partial charge on any atom is 0.261 e. The molecule has 0 atom stereocenters. The Balaban J connectivity index is 1.89. The first-order valence-corrected chi connectivity index (χ1v) is 7.06. The smallest absolute Gasteiger partial charge is 0.261 e. The molecule has 1 aromatic rings. The minimum Gasteiger partial charge on any atom is -0.396 e. The molecular weight excluding hydrogens is 234 g/mol. The first-order valence-electron chi connectivity index (χ1n) is 6.18. The van der Waals surface area contributed by atoms with E-state index in [1.54, 1.807) is 0 Å². The fourth-order valence-electron chi connectivity index (χ4n) is 2.46. The number of nitrogens with one attached hydrogen (secondary N) is 1. The molecule has 1 aliphatic rings. The lowest BCUT2D eigenvalue weighted by Gasteiger charge is -2.35. The fraction of sp³-hybridized carbons (Fsp3) is 0.615. The molecule has 0 saturated heterocycles. The van der Waals surface area contributed by atoms with Gasteiger partial charge in [0, 0.05) is 12.0 Å². The van der Waals surface area contributed by atoms with Gasteiger partial charge in [0.1, 0.15) is 0 Å². The van der Waals surface area contributed by atoms with E-state index >= 15 is 0 Å². The van der Waals surface area contributed by atoms with Gasteiger partial charge in [-0.15, -0.1) is 11.3 Å². The molecule has 2 rings (SSSR count). The molecule has 94 valence electrons. The molecule has 0 aromatic carbocycles. The molecule has 2 N–H and O–H groups in total. The van der Waals surface area contributed by atoms with E-state index < -0.39 is 0 Å². The SMILES string of the molecule is O=C(NCC1(CO)CCCCC1)c1cccs1. The van der Waals surface area contributed by atoms with Crippen LogP contribution < -0.4 is 5.32 Å². The number of thiophene rings is 1. The lowest BCUT2D eigenvalue weighted by molar-refractivity contribution is 0.0720. The third-order valence-electron chi connectivity index (χ3n) is 3.62. The topological polar surface area (TPSA) is 49.3 Å². The number of rotatable bonds is 4. The highest BCUT2D eigenvalue weighted by molar-refractivity contribution is 7.12. The number of hydrogen-bond donors (Lipinski definition) is 2. The number of hydrogen-bond acceptors (Lipinski definition) is 3. The Morgan fingerprint density at radius 1 is 1.41 bits per heavy atom. The summed E-state index contributed by atoms with van der Waals surface area (Å²) in [7, 11) is 0. The van der Waals surface area contributed by atoms with Crippen LogP contribution >= 0.6 is 11.3 Å². The molecule has 0 spiro atoms. The van der Waals surface area contributed by atoms with Gasteiger partial charge in [-0.2, -0.15) is 0 Å². The first-order chi connectivity index (χ1) is 8.26. The van der Waals surface area contributed by atoms with Crippen LogP contribution in [0.3, 0.4) is 0 Å². The molecule has 0 unspecified atom stereocenters. The van der Waals surface area contributed by atoms with Crippen LogP contribution in [0.1, 0.15) is 41.8 Å². The molecule has 1 aromatic heterocycles. The van der Waals surface area contributed by atoms with Crippen LogP contribution in [0, 0.1) is 5.41 Å². The van der Waals surface area contributed by atoms with Crippen molar-refractivity contribution in [2.45, 2.75) is 32.1 Å². The van der Waals surface area contributed by atoms with Crippen molar-refractivity contribution in [1.82, 2.24) is 5.32 Å². The van der Waals surface area contributed by atoms with Crippen LogP contribution in [0.2, 0.25) is 0 Å². The predicted molar refractivity (Wildman–Crippen MR) is 69.3 cm³/mol. The Morgan fingerprint density at radius 3 is 2.76 bits per heavy atom. The maximum absolute atomic E-state index is 11.8. The Hall–Kier alpha value is -0.870. The highest BCUT2D eigenvalue weighted by Gasteiger charge is 2.31. The number of aliphatic hydroxyl groups is 1. The first kappa shape index (κ1) is 12.6. The monoisotopic (exact) mass is 253 g/mol. The molecule has 17 heavy (non-hydrogen) atoms. The highest BCUT2D eigenvalue weighted by Crippen LogP contribution is 2.35. The lowest BCUT2D eigenvalue weighted by atomic mass is 9.74. The van der Waals surface area contributed by atoms with Gasteiger partial charge in [0.2, 0.25) is 0 Å². The zero-order valence-electron chi connectivity index (χ0n) is 9.95. The van der Waals surface area contributed by atoms with Crippen LogP contribution in [0.15, 0.2) is 17.5 Å². The van der Waals surface area contributed by atoms with Crippen molar-refractivity contribution in [3.8, 4) is 0 Å². The summed E-state index contributed by atoms with van der Waals surface area (Å²) in [5.41, 5.74) is -0.0782. The van der Waals surface area contributed by atoms with Crippen molar-refractivity contribution in [2.24, 2.45) is 5.41 Å². The summed E-state index contributed by atoms with van der Waals surface area (Å²) in [5, 5.41) is 14.4. The summed E-state index contributed by atoms with van der Waals surface area (Å²) in [6.45, 7) is 0.776. The van der Waals surface area contributed by atoms with Gasteiger partial charge >= 0.3 is 0 Å². The average molecular weight is 253 g/mol. The van der Waals surface area contributed by atoms with Gasteiger partial charge in [0.15, 0.2) is 0 Å². The highest BCUT2D eigenvalue weighted by atomic mass is 32.1. The van der Waals surface area contributed by atoms with Crippen molar-refractivity contribution in [2.75, 3.05) is 13.2 Å². The summed E-state index contributed by atoms with van der Waals surface area (Å²) >= 11 is 1.45. The van der Waals surface area contributed by atoms with Crippen molar-refractivity contribution < 1.29 is 9.90 Å². The van der Waals surface area contributed by atoms with Crippen molar-refractivity contribution in [3.63, 3.8) is 0 Å². The van der Waals surface area contributed by atoms with Gasteiger partial charge in [-0.3, -0.25) is 4.79 Å².